The Balaban J connectivity index is 2.09. The molecule has 3 saturated carbocycles. The largest absolute Gasteiger partial charge is 0.307 e. The van der Waals surface area contributed by atoms with Gasteiger partial charge in [-0.15, -0.1) is 0 Å². The Labute approximate surface area is 146 Å². The van der Waals surface area contributed by atoms with Crippen molar-refractivity contribution in [1.82, 2.24) is 0 Å². The lowest BCUT2D eigenvalue weighted by Gasteiger charge is -2.56. The topological polar surface area (TPSA) is 86.2 Å². The molecule has 3 aliphatic carbocycles. The van der Waals surface area contributed by atoms with E-state index in [1.165, 1.54) is 12.8 Å². The fourth-order valence-corrected chi connectivity index (χ4v) is 5.75. The third-order valence-electron chi connectivity index (χ3n) is 7.43. The van der Waals surface area contributed by atoms with Crippen LogP contribution in [0.3, 0.4) is 0 Å². The maximum absolute atomic E-state index is 13.7. The van der Waals surface area contributed by atoms with Crippen LogP contribution in [0, 0.1) is 22.7 Å². The first-order chi connectivity index (χ1) is 11.2. The lowest BCUT2D eigenvalue weighted by molar-refractivity contribution is -0.168. The van der Waals surface area contributed by atoms with Crippen LogP contribution in [-0.2, 0) is 9.59 Å². The summed E-state index contributed by atoms with van der Waals surface area (Å²) in [4.78, 5) is 27.2. The SMILES string of the molecule is CC1(C)CC(=O)C(C2CCCCC2)(C2CCCCC2)C(=O)C1(N)N. The van der Waals surface area contributed by atoms with Crippen LogP contribution in [0.4, 0.5) is 0 Å². The van der Waals surface area contributed by atoms with Crippen molar-refractivity contribution in [2.24, 2.45) is 34.1 Å². The van der Waals surface area contributed by atoms with E-state index in [1.54, 1.807) is 0 Å². The van der Waals surface area contributed by atoms with E-state index in [4.69, 9.17) is 11.5 Å². The van der Waals surface area contributed by atoms with Gasteiger partial charge < -0.3 is 11.5 Å². The molecule has 0 heterocycles. The summed E-state index contributed by atoms with van der Waals surface area (Å²) in [7, 11) is 0. The lowest BCUT2D eigenvalue weighted by Crippen LogP contribution is -2.76. The summed E-state index contributed by atoms with van der Waals surface area (Å²) in [5, 5.41) is 0. The molecule has 4 nitrogen and oxygen atoms in total. The summed E-state index contributed by atoms with van der Waals surface area (Å²) in [6.07, 6.45) is 11.1. The van der Waals surface area contributed by atoms with E-state index in [0.717, 1.165) is 51.4 Å². The third kappa shape index (κ3) is 2.48. The zero-order chi connectivity index (χ0) is 17.6. The molecule has 0 radical (unpaired) electrons. The molecule has 0 aromatic carbocycles. The summed E-state index contributed by atoms with van der Waals surface area (Å²) >= 11 is 0. The zero-order valence-electron chi connectivity index (χ0n) is 15.4. The Morgan fingerprint density at radius 2 is 1.21 bits per heavy atom. The van der Waals surface area contributed by atoms with Crippen LogP contribution in [0.2, 0.25) is 0 Å². The minimum absolute atomic E-state index is 0.142. The molecule has 0 aromatic heterocycles. The predicted octanol–water partition coefficient (Wildman–Crippen LogP) is 3.32. The number of carbonyl (C=O) groups is 2. The van der Waals surface area contributed by atoms with E-state index >= 15 is 0 Å². The standard InChI is InChI=1S/C20H34N2O2/c1-18(2)13-16(23)19(17(24)20(18,21)22,14-9-5-3-6-10-14)15-11-7-4-8-12-15/h14-15H,3-13,21-22H2,1-2H3. The molecule has 0 bridgehead atoms. The van der Waals surface area contributed by atoms with Crippen LogP contribution in [0.5, 0.6) is 0 Å². The third-order valence-corrected chi connectivity index (χ3v) is 7.43. The minimum atomic E-state index is -1.41. The summed E-state index contributed by atoms with van der Waals surface area (Å²) in [6, 6.07) is 0. The molecule has 3 fully saturated rings. The van der Waals surface area contributed by atoms with E-state index in [-0.39, 0.29) is 23.4 Å². The first kappa shape index (κ1) is 18.1. The van der Waals surface area contributed by atoms with Gasteiger partial charge in [0.1, 0.15) is 11.4 Å². The molecule has 0 unspecified atom stereocenters. The van der Waals surface area contributed by atoms with Crippen LogP contribution in [0.25, 0.3) is 0 Å². The number of Topliss-reactive ketones (excluding diaryl/α,β-unsaturated/α-hetero) is 2. The molecule has 136 valence electrons. The second-order valence-electron chi connectivity index (χ2n) is 9.22. The highest BCUT2D eigenvalue weighted by Crippen LogP contribution is 2.56. The molecule has 0 saturated heterocycles. The van der Waals surface area contributed by atoms with Crippen molar-refractivity contribution in [1.29, 1.82) is 0 Å². The molecule has 3 aliphatic rings. The summed E-state index contributed by atoms with van der Waals surface area (Å²) in [6.45, 7) is 3.74. The van der Waals surface area contributed by atoms with Gasteiger partial charge in [0.15, 0.2) is 5.78 Å². The quantitative estimate of drug-likeness (QED) is 0.599. The minimum Gasteiger partial charge on any atom is -0.307 e. The van der Waals surface area contributed by atoms with Crippen LogP contribution >= 0.6 is 0 Å². The normalized spacial score (nSPS) is 31.2. The summed E-state index contributed by atoms with van der Waals surface area (Å²) in [5.74, 6) is 0.298. The average Bonchev–Trinajstić information content (AvgIpc) is 2.56. The van der Waals surface area contributed by atoms with Gasteiger partial charge in [0.05, 0.1) is 5.41 Å². The van der Waals surface area contributed by atoms with Gasteiger partial charge >= 0.3 is 0 Å². The fraction of sp³-hybridized carbons (Fsp3) is 0.900. The summed E-state index contributed by atoms with van der Waals surface area (Å²) < 4.78 is 0. The van der Waals surface area contributed by atoms with Crippen molar-refractivity contribution in [3.63, 3.8) is 0 Å². The van der Waals surface area contributed by atoms with Crippen molar-refractivity contribution < 1.29 is 9.59 Å². The number of ketones is 2. The van der Waals surface area contributed by atoms with Crippen LogP contribution < -0.4 is 11.5 Å². The molecule has 0 aliphatic heterocycles. The Morgan fingerprint density at radius 3 is 1.62 bits per heavy atom. The smallest absolute Gasteiger partial charge is 0.181 e. The highest BCUT2D eigenvalue weighted by atomic mass is 16.2. The fourth-order valence-electron chi connectivity index (χ4n) is 5.75. The summed E-state index contributed by atoms with van der Waals surface area (Å²) in [5.41, 5.74) is 9.87. The Morgan fingerprint density at radius 1 is 0.792 bits per heavy atom. The highest BCUT2D eigenvalue weighted by Gasteiger charge is 2.66. The monoisotopic (exact) mass is 334 g/mol. The van der Waals surface area contributed by atoms with E-state index < -0.39 is 16.5 Å². The zero-order valence-corrected chi connectivity index (χ0v) is 15.4. The van der Waals surface area contributed by atoms with Gasteiger partial charge in [0, 0.05) is 11.8 Å². The Kier molecular flexibility index (Phi) is 4.67. The molecule has 0 amide bonds. The second kappa shape index (κ2) is 6.21. The number of hydrogen-bond acceptors (Lipinski definition) is 4. The first-order valence-corrected chi connectivity index (χ1v) is 9.90. The van der Waals surface area contributed by atoms with Crippen LogP contribution in [0.15, 0.2) is 0 Å². The van der Waals surface area contributed by atoms with Gasteiger partial charge in [-0.3, -0.25) is 9.59 Å². The van der Waals surface area contributed by atoms with Gasteiger partial charge in [-0.05, 0) is 37.5 Å². The van der Waals surface area contributed by atoms with Crippen molar-refractivity contribution in [2.45, 2.75) is 90.1 Å². The van der Waals surface area contributed by atoms with E-state index in [1.807, 2.05) is 13.8 Å². The second-order valence-corrected chi connectivity index (χ2v) is 9.22. The molecule has 3 rings (SSSR count). The van der Waals surface area contributed by atoms with E-state index in [2.05, 4.69) is 0 Å². The highest BCUT2D eigenvalue weighted by molar-refractivity contribution is 6.14. The lowest BCUT2D eigenvalue weighted by atomic mass is 9.47. The molecule has 0 spiro atoms. The van der Waals surface area contributed by atoms with Crippen LogP contribution in [-0.4, -0.2) is 17.2 Å². The van der Waals surface area contributed by atoms with Crippen LogP contribution in [0.1, 0.15) is 84.5 Å². The number of carbonyl (C=O) groups excluding carboxylic acids is 2. The van der Waals surface area contributed by atoms with E-state index in [9.17, 15) is 9.59 Å². The van der Waals surface area contributed by atoms with E-state index in [0.29, 0.717) is 6.42 Å². The molecule has 0 atom stereocenters. The number of hydrogen-bond donors (Lipinski definition) is 2. The van der Waals surface area contributed by atoms with Crippen molar-refractivity contribution in [3.05, 3.63) is 0 Å². The van der Waals surface area contributed by atoms with Gasteiger partial charge in [0.2, 0.25) is 0 Å². The number of rotatable bonds is 2. The van der Waals surface area contributed by atoms with Crippen molar-refractivity contribution in [2.75, 3.05) is 0 Å². The van der Waals surface area contributed by atoms with Gasteiger partial charge in [-0.25, -0.2) is 0 Å². The molecule has 4 N–H and O–H groups in total. The first-order valence-electron chi connectivity index (χ1n) is 9.90. The molecule has 24 heavy (non-hydrogen) atoms. The van der Waals surface area contributed by atoms with Gasteiger partial charge in [0.25, 0.3) is 0 Å². The van der Waals surface area contributed by atoms with Gasteiger partial charge in [-0.2, -0.15) is 0 Å². The molecule has 0 aromatic rings. The molecular weight excluding hydrogens is 300 g/mol. The maximum Gasteiger partial charge on any atom is 0.181 e. The number of nitrogens with two attached hydrogens (primary N) is 2. The molecule has 4 heteroatoms. The molecular formula is C20H34N2O2. The Bertz CT molecular complexity index is 494. The van der Waals surface area contributed by atoms with Gasteiger partial charge in [-0.1, -0.05) is 52.4 Å². The van der Waals surface area contributed by atoms with Crippen molar-refractivity contribution in [3.8, 4) is 0 Å². The Hall–Kier alpha value is -0.740. The van der Waals surface area contributed by atoms with Crippen molar-refractivity contribution >= 4 is 11.6 Å². The predicted molar refractivity (Wildman–Crippen MR) is 95.1 cm³/mol. The maximum atomic E-state index is 13.7. The average molecular weight is 335 g/mol.